The van der Waals surface area contributed by atoms with Crippen LogP contribution in [-0.4, -0.2) is 28.3 Å². The molecule has 0 spiro atoms. The van der Waals surface area contributed by atoms with Crippen LogP contribution in [0, 0.1) is 0 Å². The first-order valence-corrected chi connectivity index (χ1v) is 7.87. The number of carbonyl (C=O) groups is 2. The Kier molecular flexibility index (Phi) is 4.12. The van der Waals surface area contributed by atoms with Crippen molar-refractivity contribution in [2.24, 2.45) is 0 Å². The number of hydrogen-bond donors (Lipinski definition) is 1. The van der Waals surface area contributed by atoms with E-state index < -0.39 is 11.6 Å². The van der Waals surface area contributed by atoms with E-state index in [1.54, 1.807) is 18.7 Å². The topological polar surface area (TPSA) is 49.4 Å². The molecule has 1 fully saturated rings. The monoisotopic (exact) mass is 314 g/mol. The zero-order chi connectivity index (χ0) is 15.1. The van der Waals surface area contributed by atoms with Gasteiger partial charge in [0, 0.05) is 4.88 Å². The van der Waals surface area contributed by atoms with E-state index in [0.29, 0.717) is 10.8 Å². The zero-order valence-corrected chi connectivity index (χ0v) is 13.6. The van der Waals surface area contributed by atoms with Gasteiger partial charge in [-0.2, -0.15) is 0 Å². The van der Waals surface area contributed by atoms with Gasteiger partial charge >= 0.3 is 0 Å². The third kappa shape index (κ3) is 2.56. The minimum absolute atomic E-state index is 0.0547. The van der Waals surface area contributed by atoms with Gasteiger partial charge in [-0.25, -0.2) is 0 Å². The second-order valence-corrected chi connectivity index (χ2v) is 7.32. The predicted octanol–water partition coefficient (Wildman–Crippen LogP) is 2.98. The lowest BCUT2D eigenvalue weighted by atomic mass is 9.94. The summed E-state index contributed by atoms with van der Waals surface area (Å²) in [6, 6.07) is 3.15. The number of carbonyl (C=O) groups excluding carboxylic acids is 2. The molecule has 1 saturated heterocycles. The smallest absolute Gasteiger partial charge is 0.248 e. The van der Waals surface area contributed by atoms with Gasteiger partial charge in [0.25, 0.3) is 0 Å². The van der Waals surface area contributed by atoms with E-state index in [1.807, 2.05) is 26.0 Å². The maximum atomic E-state index is 12.7. The number of nitrogens with zero attached hydrogens (tertiary/aromatic N) is 1. The fourth-order valence-electron chi connectivity index (χ4n) is 2.55. The van der Waals surface area contributed by atoms with Crippen LogP contribution in [0.1, 0.15) is 45.0 Å². The van der Waals surface area contributed by atoms with E-state index in [4.69, 9.17) is 11.6 Å². The van der Waals surface area contributed by atoms with Crippen LogP contribution in [0.2, 0.25) is 4.34 Å². The largest absolute Gasteiger partial charge is 0.340 e. The molecule has 1 aliphatic rings. The summed E-state index contributed by atoms with van der Waals surface area (Å²) in [5, 5.41) is 2.80. The summed E-state index contributed by atoms with van der Waals surface area (Å²) in [5.74, 6) is -0.146. The van der Waals surface area contributed by atoms with Crippen molar-refractivity contribution in [1.82, 2.24) is 10.2 Å². The standard InChI is InChI=1S/C14H19ClN2O2S/c1-5-9-12(18)16-14(3,4)13(19)17(9)8(2)10-6-7-11(15)20-10/h6-9H,5H2,1-4H3,(H,16,18). The van der Waals surface area contributed by atoms with Crippen molar-refractivity contribution in [2.45, 2.75) is 51.7 Å². The van der Waals surface area contributed by atoms with Crippen molar-refractivity contribution >= 4 is 34.8 Å². The Hall–Kier alpha value is -1.07. The van der Waals surface area contributed by atoms with Gasteiger partial charge in [0.05, 0.1) is 10.4 Å². The van der Waals surface area contributed by atoms with Crippen LogP contribution in [-0.2, 0) is 9.59 Å². The predicted molar refractivity (Wildman–Crippen MR) is 80.9 cm³/mol. The molecule has 4 nitrogen and oxygen atoms in total. The SMILES string of the molecule is CCC1C(=O)NC(C)(C)C(=O)N1C(C)c1ccc(Cl)s1. The van der Waals surface area contributed by atoms with Gasteiger partial charge in [-0.05, 0) is 39.3 Å². The van der Waals surface area contributed by atoms with Gasteiger partial charge in [0.2, 0.25) is 11.8 Å². The van der Waals surface area contributed by atoms with Gasteiger partial charge in [0.15, 0.2) is 0 Å². The number of halogens is 1. The van der Waals surface area contributed by atoms with Crippen molar-refractivity contribution in [3.8, 4) is 0 Å². The molecule has 1 aromatic heterocycles. The van der Waals surface area contributed by atoms with Crippen molar-refractivity contribution in [2.75, 3.05) is 0 Å². The number of piperazine rings is 1. The molecule has 0 radical (unpaired) electrons. The van der Waals surface area contributed by atoms with E-state index in [0.717, 1.165) is 4.88 Å². The summed E-state index contributed by atoms with van der Waals surface area (Å²) in [6.07, 6.45) is 0.594. The average Bonchev–Trinajstić information content (AvgIpc) is 2.79. The molecule has 1 aliphatic heterocycles. The van der Waals surface area contributed by atoms with Gasteiger partial charge in [-0.15, -0.1) is 11.3 Å². The Morgan fingerprint density at radius 2 is 2.10 bits per heavy atom. The molecule has 2 rings (SSSR count). The van der Waals surface area contributed by atoms with Crippen molar-refractivity contribution in [3.63, 3.8) is 0 Å². The third-order valence-electron chi connectivity index (χ3n) is 3.65. The summed E-state index contributed by atoms with van der Waals surface area (Å²) in [6.45, 7) is 7.33. The Balaban J connectivity index is 2.38. The second-order valence-electron chi connectivity index (χ2n) is 5.57. The van der Waals surface area contributed by atoms with Crippen LogP contribution in [0.15, 0.2) is 12.1 Å². The number of amides is 2. The molecule has 110 valence electrons. The highest BCUT2D eigenvalue weighted by molar-refractivity contribution is 7.16. The lowest BCUT2D eigenvalue weighted by Gasteiger charge is -2.45. The molecule has 0 saturated carbocycles. The minimum atomic E-state index is -0.863. The quantitative estimate of drug-likeness (QED) is 0.932. The van der Waals surface area contributed by atoms with E-state index in [2.05, 4.69) is 5.32 Å². The number of hydrogen-bond acceptors (Lipinski definition) is 3. The number of thiophene rings is 1. The molecule has 0 aliphatic carbocycles. The van der Waals surface area contributed by atoms with Gasteiger partial charge < -0.3 is 10.2 Å². The van der Waals surface area contributed by atoms with Crippen LogP contribution in [0.25, 0.3) is 0 Å². The first-order valence-electron chi connectivity index (χ1n) is 6.68. The van der Waals surface area contributed by atoms with Crippen molar-refractivity contribution in [1.29, 1.82) is 0 Å². The molecule has 0 aromatic carbocycles. The first kappa shape index (κ1) is 15.3. The maximum absolute atomic E-state index is 12.7. The van der Waals surface area contributed by atoms with E-state index in [1.165, 1.54) is 11.3 Å². The van der Waals surface area contributed by atoms with Crippen molar-refractivity contribution < 1.29 is 9.59 Å². The molecule has 6 heteroatoms. The fourth-order valence-corrected chi connectivity index (χ4v) is 3.66. The molecule has 20 heavy (non-hydrogen) atoms. The van der Waals surface area contributed by atoms with Crippen LogP contribution in [0.3, 0.4) is 0 Å². The second kappa shape index (κ2) is 5.37. The Morgan fingerprint density at radius 3 is 2.60 bits per heavy atom. The molecule has 2 heterocycles. The normalized spacial score (nSPS) is 23.6. The van der Waals surface area contributed by atoms with Crippen LogP contribution >= 0.6 is 22.9 Å². The average molecular weight is 315 g/mol. The molecule has 2 amide bonds. The molecule has 0 bridgehead atoms. The molecular formula is C14H19ClN2O2S. The zero-order valence-electron chi connectivity index (χ0n) is 12.1. The van der Waals surface area contributed by atoms with Crippen LogP contribution in [0.4, 0.5) is 0 Å². The lowest BCUT2D eigenvalue weighted by molar-refractivity contribution is -0.156. The van der Waals surface area contributed by atoms with Crippen LogP contribution < -0.4 is 5.32 Å². The van der Waals surface area contributed by atoms with E-state index in [9.17, 15) is 9.59 Å². The van der Waals surface area contributed by atoms with Gasteiger partial charge in [-0.3, -0.25) is 9.59 Å². The summed E-state index contributed by atoms with van der Waals surface area (Å²) < 4.78 is 0.688. The summed E-state index contributed by atoms with van der Waals surface area (Å²) >= 11 is 7.42. The Bertz CT molecular complexity index is 541. The third-order valence-corrected chi connectivity index (χ3v) is 5.05. The number of nitrogens with one attached hydrogen (secondary N) is 1. The van der Waals surface area contributed by atoms with Gasteiger partial charge in [0.1, 0.15) is 11.6 Å². The van der Waals surface area contributed by atoms with Gasteiger partial charge in [-0.1, -0.05) is 18.5 Å². The highest BCUT2D eigenvalue weighted by Crippen LogP contribution is 2.34. The molecule has 2 atom stereocenters. The lowest BCUT2D eigenvalue weighted by Crippen LogP contribution is -2.68. The minimum Gasteiger partial charge on any atom is -0.340 e. The Labute approximate surface area is 128 Å². The summed E-state index contributed by atoms with van der Waals surface area (Å²) in [5.41, 5.74) is -0.863. The highest BCUT2D eigenvalue weighted by atomic mass is 35.5. The van der Waals surface area contributed by atoms with Crippen molar-refractivity contribution in [3.05, 3.63) is 21.3 Å². The fraction of sp³-hybridized carbons (Fsp3) is 0.571. The summed E-state index contributed by atoms with van der Waals surface area (Å²) in [4.78, 5) is 27.6. The molecule has 1 aromatic rings. The highest BCUT2D eigenvalue weighted by Gasteiger charge is 2.46. The molecule has 1 N–H and O–H groups in total. The summed E-state index contributed by atoms with van der Waals surface area (Å²) in [7, 11) is 0. The molecular weight excluding hydrogens is 296 g/mol. The first-order chi connectivity index (χ1) is 9.27. The van der Waals surface area contributed by atoms with E-state index >= 15 is 0 Å². The number of rotatable bonds is 3. The van der Waals surface area contributed by atoms with Crippen LogP contribution in [0.5, 0.6) is 0 Å². The molecule has 2 unspecified atom stereocenters. The van der Waals surface area contributed by atoms with E-state index in [-0.39, 0.29) is 17.9 Å². The maximum Gasteiger partial charge on any atom is 0.248 e. The Morgan fingerprint density at radius 1 is 1.45 bits per heavy atom.